The van der Waals surface area contributed by atoms with E-state index in [1.165, 1.54) is 0 Å². The zero-order valence-electron chi connectivity index (χ0n) is 55.9. The van der Waals surface area contributed by atoms with E-state index in [1.807, 2.05) is 0 Å². The Morgan fingerprint density at radius 3 is 0.936 bits per heavy atom. The average Bonchev–Trinajstić information content (AvgIpc) is 3.41. The molecular formula is C51H120O16Si11. The summed E-state index contributed by atoms with van der Waals surface area (Å²) >= 11 is 0. The summed E-state index contributed by atoms with van der Waals surface area (Å²) in [4.78, 5) is 0. The summed E-state index contributed by atoms with van der Waals surface area (Å²) in [6, 6.07) is 0. The second kappa shape index (κ2) is 27.0. The summed E-state index contributed by atoms with van der Waals surface area (Å²) < 4.78 is 116. The first-order valence-electron chi connectivity index (χ1n) is 29.0. The van der Waals surface area contributed by atoms with Crippen LogP contribution in [0.3, 0.4) is 0 Å². The van der Waals surface area contributed by atoms with Crippen LogP contribution in [-0.2, 0) is 72.4 Å². The summed E-state index contributed by atoms with van der Waals surface area (Å²) in [5, 5.41) is 0. The fourth-order valence-corrected chi connectivity index (χ4v) is 19.8. The molecule has 0 aromatic heterocycles. The van der Waals surface area contributed by atoms with Crippen LogP contribution in [0.4, 0.5) is 0 Å². The summed E-state index contributed by atoms with van der Waals surface area (Å²) in [6.45, 7) is 73.2. The van der Waals surface area contributed by atoms with Gasteiger partial charge in [-0.25, -0.2) is 0 Å². The number of hydrogen-bond acceptors (Lipinski definition) is 16. The lowest BCUT2D eigenvalue weighted by Crippen LogP contribution is -2.69. The van der Waals surface area contributed by atoms with Crippen molar-refractivity contribution in [1.29, 1.82) is 0 Å². The number of rotatable bonds is 30. The molecule has 14 atom stereocenters. The van der Waals surface area contributed by atoms with Crippen LogP contribution < -0.4 is 0 Å². The minimum atomic E-state index is -2.43. The van der Waals surface area contributed by atoms with Gasteiger partial charge in [0.2, 0.25) is 5.79 Å². The Kier molecular flexibility index (Phi) is 25.6. The van der Waals surface area contributed by atoms with E-state index in [0.717, 1.165) is 0 Å². The highest BCUT2D eigenvalue weighted by Crippen LogP contribution is 2.45. The van der Waals surface area contributed by atoms with Crippen LogP contribution in [0.2, 0.25) is 216 Å². The highest BCUT2D eigenvalue weighted by atomic mass is 28.4. The number of hydrogen-bond donors (Lipinski definition) is 0. The maximum atomic E-state index is 7.79. The van der Waals surface area contributed by atoms with E-state index in [0.29, 0.717) is 13.2 Å². The quantitative estimate of drug-likeness (QED) is 0.0628. The lowest BCUT2D eigenvalue weighted by Gasteiger charge is -2.53. The molecule has 3 rings (SSSR count). The van der Waals surface area contributed by atoms with Crippen LogP contribution >= 0.6 is 0 Å². The minimum Gasteiger partial charge on any atom is -0.415 e. The van der Waals surface area contributed by atoms with Crippen molar-refractivity contribution in [2.45, 2.75) is 302 Å². The predicted octanol–water partition coefficient (Wildman–Crippen LogP) is 12.9. The monoisotopic (exact) mass is 1300 g/mol. The molecule has 0 N–H and O–H groups in total. The molecule has 16 nitrogen and oxygen atoms in total. The molecule has 464 valence electrons. The normalized spacial score (nSPS) is 32.0. The molecule has 0 bridgehead atoms. The van der Waals surface area contributed by atoms with Gasteiger partial charge in [0.15, 0.2) is 104 Å². The molecule has 0 aromatic rings. The Labute approximate surface area is 488 Å². The van der Waals surface area contributed by atoms with Gasteiger partial charge in [-0.1, -0.05) is 0 Å². The Morgan fingerprint density at radius 2 is 0.577 bits per heavy atom. The molecule has 0 unspecified atom stereocenters. The van der Waals surface area contributed by atoms with E-state index < -0.39 is 177 Å². The van der Waals surface area contributed by atoms with Gasteiger partial charge in [0.1, 0.15) is 67.1 Å². The SMILES string of the molecule is C[Si](C)(C)OC[C@H]1O[C@@](CO[Si](C)(C)C)(O[C@H]2O[C@H](CO[C@H]3O[C@H](CO[Si](C)(C)C)[C@@H](O[Si](C)(C)C)[C@H](O[Si](C)(C)C)[C@H]3O[Si](C)(C)C)[C@@H](O[Si](C)(C)C)[C@H](O[Si](C)(C)C)[C@H]2O[Si](C)(C)C)[C@@H](O[Si](C)(C)C)[C@@H]1O[Si](C)(C)C. The number of ether oxygens (including phenoxy) is 5. The molecule has 27 heteroatoms. The Morgan fingerprint density at radius 1 is 0.282 bits per heavy atom. The van der Waals surface area contributed by atoms with Crippen molar-refractivity contribution in [3.05, 3.63) is 0 Å². The molecule has 0 aromatic carbocycles. The summed E-state index contributed by atoms with van der Waals surface area (Å²) in [7, 11) is -25.0. The summed E-state index contributed by atoms with van der Waals surface area (Å²) in [5.74, 6) is -1.54. The topological polar surface area (TPSA) is 148 Å². The molecule has 0 aliphatic carbocycles. The van der Waals surface area contributed by atoms with Crippen molar-refractivity contribution in [1.82, 2.24) is 0 Å². The predicted molar refractivity (Wildman–Crippen MR) is 346 cm³/mol. The largest absolute Gasteiger partial charge is 0.415 e. The third-order valence-corrected chi connectivity index (χ3v) is 22.2. The molecule has 0 amide bonds. The first-order chi connectivity index (χ1) is 34.4. The van der Waals surface area contributed by atoms with E-state index in [2.05, 4.69) is 216 Å². The van der Waals surface area contributed by atoms with Gasteiger partial charge in [-0.15, -0.1) is 0 Å². The van der Waals surface area contributed by atoms with Crippen LogP contribution in [0, 0.1) is 0 Å². The molecule has 0 radical (unpaired) electrons. The molecule has 3 aliphatic heterocycles. The van der Waals surface area contributed by atoms with E-state index in [1.54, 1.807) is 0 Å². The van der Waals surface area contributed by atoms with E-state index >= 15 is 0 Å². The molecule has 3 saturated heterocycles. The highest BCUT2D eigenvalue weighted by molar-refractivity contribution is 6.73. The summed E-state index contributed by atoms with van der Waals surface area (Å²) in [6.07, 6.45) is -8.71. The average molecular weight is 1300 g/mol. The van der Waals surface area contributed by atoms with Gasteiger partial charge in [0, 0.05) is 0 Å². The van der Waals surface area contributed by atoms with Crippen LogP contribution in [0.25, 0.3) is 0 Å². The first kappa shape index (κ1) is 74.0. The van der Waals surface area contributed by atoms with Crippen molar-refractivity contribution in [2.75, 3.05) is 26.4 Å². The second-order valence-corrected chi connectivity index (χ2v) is 82.0. The van der Waals surface area contributed by atoms with Crippen molar-refractivity contribution in [3.63, 3.8) is 0 Å². The minimum absolute atomic E-state index is 0.0272. The highest BCUT2D eigenvalue weighted by Gasteiger charge is 2.64. The van der Waals surface area contributed by atoms with E-state index in [-0.39, 0.29) is 13.2 Å². The standard InChI is InChI=1S/C51H120O16Si11/c1-68(2,3)53-35-39-42(61-72(13,14)15)44(63-74(19,20)21)46(65-76(25,26)27)49(56-39)52-34-38-41(60-71(10,11)12)45(64-75(22,23)24)47(66-77(28,29)30)50(57-38)59-51(37-55-70(7,8)9)48(67-78(31,32)33)43(62-73(16,17)18)40(58-51)36-54-69(4,5)6/h38-50H,34-37H2,1-33H3/t38-,39-,40-,41-,42-,43-,44+,45+,46-,47-,48+,49+,50-,51+/m1/s1. The third kappa shape index (κ3) is 27.2. The van der Waals surface area contributed by atoms with Gasteiger partial charge in [-0.05, 0) is 216 Å². The van der Waals surface area contributed by atoms with Crippen molar-refractivity contribution < 1.29 is 72.4 Å². The summed E-state index contributed by atoms with van der Waals surface area (Å²) in [5.41, 5.74) is 0. The van der Waals surface area contributed by atoms with Crippen molar-refractivity contribution >= 4 is 91.5 Å². The molecular weight excluding hydrogens is 1180 g/mol. The maximum absolute atomic E-state index is 7.79. The van der Waals surface area contributed by atoms with Gasteiger partial charge in [-0.2, -0.15) is 0 Å². The van der Waals surface area contributed by atoms with Crippen LogP contribution in [-0.4, -0.2) is 203 Å². The zero-order chi connectivity index (χ0) is 60.6. The van der Waals surface area contributed by atoms with Crippen molar-refractivity contribution in [3.8, 4) is 0 Å². The van der Waals surface area contributed by atoms with E-state index in [4.69, 9.17) is 72.4 Å². The molecule has 3 fully saturated rings. The van der Waals surface area contributed by atoms with Gasteiger partial charge in [0.05, 0.1) is 26.4 Å². The fraction of sp³-hybridized carbons (Fsp3) is 1.00. The molecule has 78 heavy (non-hydrogen) atoms. The van der Waals surface area contributed by atoms with Gasteiger partial charge in [-0.3, -0.25) is 0 Å². The molecule has 0 spiro atoms. The molecule has 0 saturated carbocycles. The van der Waals surface area contributed by atoms with Crippen molar-refractivity contribution in [2.24, 2.45) is 0 Å². The van der Waals surface area contributed by atoms with Gasteiger partial charge in [0.25, 0.3) is 0 Å². The Hall–Kier alpha value is 1.75. The van der Waals surface area contributed by atoms with Gasteiger partial charge >= 0.3 is 0 Å². The van der Waals surface area contributed by atoms with E-state index in [9.17, 15) is 0 Å². The smallest absolute Gasteiger partial charge is 0.221 e. The first-order valence-corrected chi connectivity index (χ1v) is 66.5. The lowest BCUT2D eigenvalue weighted by molar-refractivity contribution is -0.381. The third-order valence-electron chi connectivity index (χ3n) is 11.3. The Bertz CT molecular complexity index is 1840. The van der Waals surface area contributed by atoms with Crippen LogP contribution in [0.1, 0.15) is 0 Å². The zero-order valence-corrected chi connectivity index (χ0v) is 66.9. The van der Waals surface area contributed by atoms with Gasteiger partial charge < -0.3 is 72.4 Å². The second-order valence-electron chi connectivity index (χ2n) is 32.8. The Balaban J connectivity index is 2.46. The van der Waals surface area contributed by atoms with Crippen LogP contribution in [0.15, 0.2) is 0 Å². The molecule has 3 heterocycles. The fourth-order valence-electron chi connectivity index (χ4n) is 9.17. The molecule has 3 aliphatic rings. The van der Waals surface area contributed by atoms with Crippen LogP contribution in [0.5, 0.6) is 0 Å². The maximum Gasteiger partial charge on any atom is 0.221 e. The lowest BCUT2D eigenvalue weighted by atomic mass is 9.98.